The van der Waals surface area contributed by atoms with E-state index < -0.39 is 5.97 Å². The molecule has 0 saturated heterocycles. The van der Waals surface area contributed by atoms with Crippen molar-refractivity contribution < 1.29 is 23.8 Å². The maximum Gasteiger partial charge on any atom is 0.343 e. The summed E-state index contributed by atoms with van der Waals surface area (Å²) in [4.78, 5) is 23.5. The Morgan fingerprint density at radius 2 is 1.83 bits per heavy atom. The summed E-state index contributed by atoms with van der Waals surface area (Å²) < 4.78 is 15.3. The molecule has 1 N–H and O–H groups in total. The molecule has 0 aliphatic heterocycles. The van der Waals surface area contributed by atoms with Crippen LogP contribution < -0.4 is 14.8 Å². The van der Waals surface area contributed by atoms with Crippen LogP contribution in [0.3, 0.4) is 0 Å². The van der Waals surface area contributed by atoms with Crippen molar-refractivity contribution in [2.24, 2.45) is 0 Å². The summed E-state index contributed by atoms with van der Waals surface area (Å²) >= 11 is 0. The Morgan fingerprint density at radius 3 is 2.58 bits per heavy atom. The Labute approximate surface area is 140 Å². The number of hydrogen-bond donors (Lipinski definition) is 1. The molecule has 126 valence electrons. The average Bonchev–Trinajstić information content (AvgIpc) is 2.60. The number of amides is 1. The summed E-state index contributed by atoms with van der Waals surface area (Å²) in [6, 6.07) is 13.8. The number of rotatable bonds is 7. The predicted molar refractivity (Wildman–Crippen MR) is 89.5 cm³/mol. The third-order valence-electron chi connectivity index (χ3n) is 3.11. The molecule has 0 spiro atoms. The molecule has 0 bridgehead atoms. The van der Waals surface area contributed by atoms with Gasteiger partial charge < -0.3 is 19.5 Å². The molecule has 1 amide bonds. The molecule has 2 rings (SSSR count). The van der Waals surface area contributed by atoms with E-state index in [-0.39, 0.29) is 12.5 Å². The lowest BCUT2D eigenvalue weighted by Gasteiger charge is -2.11. The molecule has 6 nitrogen and oxygen atoms in total. The summed E-state index contributed by atoms with van der Waals surface area (Å²) in [5.41, 5.74) is 0.994. The number of esters is 1. The van der Waals surface area contributed by atoms with Crippen LogP contribution in [0.2, 0.25) is 0 Å². The van der Waals surface area contributed by atoms with E-state index in [0.29, 0.717) is 29.4 Å². The first kappa shape index (κ1) is 17.3. The SMILES string of the molecule is CCOc1ccccc1C(=O)Nc1cccc(OCC(=O)OC)c1. The van der Waals surface area contributed by atoms with E-state index in [1.807, 2.05) is 13.0 Å². The minimum absolute atomic E-state index is 0.193. The first-order valence-electron chi connectivity index (χ1n) is 7.47. The monoisotopic (exact) mass is 329 g/mol. The molecular weight excluding hydrogens is 310 g/mol. The number of para-hydroxylation sites is 1. The molecule has 0 atom stereocenters. The zero-order chi connectivity index (χ0) is 17.4. The van der Waals surface area contributed by atoms with Crippen molar-refractivity contribution in [3.8, 4) is 11.5 Å². The maximum atomic E-state index is 12.4. The Balaban J connectivity index is 2.08. The zero-order valence-electron chi connectivity index (χ0n) is 13.6. The van der Waals surface area contributed by atoms with E-state index in [0.717, 1.165) is 0 Å². The minimum Gasteiger partial charge on any atom is -0.493 e. The molecule has 0 radical (unpaired) electrons. The normalized spacial score (nSPS) is 9.92. The van der Waals surface area contributed by atoms with Gasteiger partial charge in [-0.05, 0) is 31.2 Å². The third kappa shape index (κ3) is 4.74. The van der Waals surface area contributed by atoms with Crippen molar-refractivity contribution in [1.29, 1.82) is 0 Å². The van der Waals surface area contributed by atoms with E-state index in [4.69, 9.17) is 9.47 Å². The maximum absolute atomic E-state index is 12.4. The van der Waals surface area contributed by atoms with Crippen LogP contribution in [-0.4, -0.2) is 32.2 Å². The number of anilines is 1. The number of ether oxygens (including phenoxy) is 3. The number of carbonyl (C=O) groups is 2. The molecule has 2 aromatic carbocycles. The number of nitrogens with one attached hydrogen (secondary N) is 1. The van der Waals surface area contributed by atoms with Gasteiger partial charge in [0, 0.05) is 11.8 Å². The van der Waals surface area contributed by atoms with Crippen LogP contribution in [0.4, 0.5) is 5.69 Å². The standard InChI is InChI=1S/C18H19NO5/c1-3-23-16-10-5-4-9-15(16)18(21)19-13-7-6-8-14(11-13)24-12-17(20)22-2/h4-11H,3,12H2,1-2H3,(H,19,21). The highest BCUT2D eigenvalue weighted by Gasteiger charge is 2.12. The largest absolute Gasteiger partial charge is 0.493 e. The van der Waals surface area contributed by atoms with Crippen molar-refractivity contribution in [1.82, 2.24) is 0 Å². The van der Waals surface area contributed by atoms with E-state index >= 15 is 0 Å². The van der Waals surface area contributed by atoms with Gasteiger partial charge in [-0.15, -0.1) is 0 Å². The molecule has 0 heterocycles. The number of carbonyl (C=O) groups excluding carboxylic acids is 2. The Hall–Kier alpha value is -3.02. The molecule has 0 fully saturated rings. The molecule has 0 unspecified atom stereocenters. The van der Waals surface area contributed by atoms with Crippen molar-refractivity contribution in [2.75, 3.05) is 25.6 Å². The van der Waals surface area contributed by atoms with Crippen LogP contribution in [0.15, 0.2) is 48.5 Å². The highest BCUT2D eigenvalue weighted by Crippen LogP contribution is 2.22. The van der Waals surface area contributed by atoms with Crippen molar-refractivity contribution >= 4 is 17.6 Å². The van der Waals surface area contributed by atoms with Gasteiger partial charge in [0.2, 0.25) is 0 Å². The van der Waals surface area contributed by atoms with Gasteiger partial charge in [0.05, 0.1) is 19.3 Å². The second-order valence-corrected chi connectivity index (χ2v) is 4.78. The van der Waals surface area contributed by atoms with E-state index in [9.17, 15) is 9.59 Å². The summed E-state index contributed by atoms with van der Waals surface area (Å²) in [6.45, 7) is 2.14. The van der Waals surface area contributed by atoms with Crippen molar-refractivity contribution in [3.05, 3.63) is 54.1 Å². The van der Waals surface area contributed by atoms with Gasteiger partial charge in [0.25, 0.3) is 5.91 Å². The van der Waals surface area contributed by atoms with Crippen LogP contribution in [0, 0.1) is 0 Å². The summed E-state index contributed by atoms with van der Waals surface area (Å²) in [7, 11) is 1.29. The van der Waals surface area contributed by atoms with Gasteiger partial charge >= 0.3 is 5.97 Å². The van der Waals surface area contributed by atoms with E-state index in [1.54, 1.807) is 42.5 Å². The highest BCUT2D eigenvalue weighted by molar-refractivity contribution is 6.06. The predicted octanol–water partition coefficient (Wildman–Crippen LogP) is 2.89. The Bertz CT molecular complexity index is 714. The lowest BCUT2D eigenvalue weighted by molar-refractivity contribution is -0.142. The van der Waals surface area contributed by atoms with Crippen LogP contribution in [0.5, 0.6) is 11.5 Å². The quantitative estimate of drug-likeness (QED) is 0.791. The Kier molecular flexibility index (Phi) is 6.19. The molecule has 0 aliphatic carbocycles. The zero-order valence-corrected chi connectivity index (χ0v) is 13.6. The number of benzene rings is 2. The molecule has 0 saturated carbocycles. The van der Waals surface area contributed by atoms with Crippen LogP contribution in [-0.2, 0) is 9.53 Å². The molecule has 6 heteroatoms. The molecule has 24 heavy (non-hydrogen) atoms. The second-order valence-electron chi connectivity index (χ2n) is 4.78. The average molecular weight is 329 g/mol. The lowest BCUT2D eigenvalue weighted by Crippen LogP contribution is -2.14. The number of hydrogen-bond acceptors (Lipinski definition) is 5. The lowest BCUT2D eigenvalue weighted by atomic mass is 10.2. The summed E-state index contributed by atoms with van der Waals surface area (Å²) in [5.74, 6) is 0.214. The smallest absolute Gasteiger partial charge is 0.343 e. The van der Waals surface area contributed by atoms with Gasteiger partial charge in [-0.1, -0.05) is 18.2 Å². The molecule has 0 aromatic heterocycles. The minimum atomic E-state index is -0.477. The van der Waals surface area contributed by atoms with Crippen molar-refractivity contribution in [3.63, 3.8) is 0 Å². The van der Waals surface area contributed by atoms with Gasteiger partial charge in [-0.2, -0.15) is 0 Å². The van der Waals surface area contributed by atoms with Gasteiger partial charge in [0.15, 0.2) is 6.61 Å². The Morgan fingerprint density at radius 1 is 1.04 bits per heavy atom. The topological polar surface area (TPSA) is 73.9 Å². The second kappa shape index (κ2) is 8.57. The fourth-order valence-electron chi connectivity index (χ4n) is 2.00. The van der Waals surface area contributed by atoms with Gasteiger partial charge in [-0.3, -0.25) is 4.79 Å². The molecule has 2 aromatic rings. The fraction of sp³-hybridized carbons (Fsp3) is 0.222. The van der Waals surface area contributed by atoms with Crippen LogP contribution in [0.1, 0.15) is 17.3 Å². The molecule has 0 aliphatic rings. The van der Waals surface area contributed by atoms with Gasteiger partial charge in [0.1, 0.15) is 11.5 Å². The fourth-order valence-corrected chi connectivity index (χ4v) is 2.00. The first-order valence-corrected chi connectivity index (χ1v) is 7.47. The summed E-state index contributed by atoms with van der Waals surface area (Å²) in [5, 5.41) is 2.78. The van der Waals surface area contributed by atoms with Crippen molar-refractivity contribution in [2.45, 2.75) is 6.92 Å². The van der Waals surface area contributed by atoms with E-state index in [2.05, 4.69) is 10.1 Å². The molecular formula is C18H19NO5. The van der Waals surface area contributed by atoms with E-state index in [1.165, 1.54) is 7.11 Å². The highest BCUT2D eigenvalue weighted by atomic mass is 16.6. The third-order valence-corrected chi connectivity index (χ3v) is 3.11. The van der Waals surface area contributed by atoms with Gasteiger partial charge in [-0.25, -0.2) is 4.79 Å². The first-order chi connectivity index (χ1) is 11.6. The summed E-state index contributed by atoms with van der Waals surface area (Å²) in [6.07, 6.45) is 0. The van der Waals surface area contributed by atoms with Crippen LogP contribution in [0.25, 0.3) is 0 Å². The number of methoxy groups -OCH3 is 1. The van der Waals surface area contributed by atoms with Crippen LogP contribution >= 0.6 is 0 Å².